The first-order chi connectivity index (χ1) is 8.69. The molecule has 0 unspecified atom stereocenters. The number of aliphatic hydroxyl groups is 6. The second-order valence-corrected chi connectivity index (χ2v) is 4.04. The smallest absolute Gasteiger partial charge is 0.280 e. The lowest BCUT2D eigenvalue weighted by atomic mass is 10.1. The van der Waals surface area contributed by atoms with Crippen molar-refractivity contribution in [2.24, 2.45) is 0 Å². The maximum absolute atomic E-state index is 11.3. The van der Waals surface area contributed by atoms with E-state index in [0.717, 1.165) is 0 Å². The van der Waals surface area contributed by atoms with Gasteiger partial charge in [0.2, 0.25) is 5.79 Å². The van der Waals surface area contributed by atoms with Crippen LogP contribution in [0.5, 0.6) is 0 Å². The lowest BCUT2D eigenvalue weighted by Crippen LogP contribution is -2.48. The summed E-state index contributed by atoms with van der Waals surface area (Å²) < 4.78 is 4.84. The fraction of sp³-hybridized carbons (Fsp3) is 0.900. The van der Waals surface area contributed by atoms with Crippen molar-refractivity contribution in [3.63, 3.8) is 0 Å². The molecule has 0 saturated heterocycles. The van der Waals surface area contributed by atoms with Gasteiger partial charge in [-0.1, -0.05) is 0 Å². The number of hydrogen-bond donors (Lipinski definition) is 7. The predicted octanol–water partition coefficient (Wildman–Crippen LogP) is -3.41. The van der Waals surface area contributed by atoms with E-state index >= 15 is 0 Å². The Morgan fingerprint density at radius 3 is 2.21 bits per heavy atom. The Bertz CT molecular complexity index is 263. The average molecular weight is 283 g/mol. The molecule has 9 nitrogen and oxygen atoms in total. The number of aliphatic hydroxyl groups excluding tert-OH is 1. The molecule has 0 spiro atoms. The molecule has 0 aliphatic carbocycles. The summed E-state index contributed by atoms with van der Waals surface area (Å²) in [6.07, 6.45) is -1.19. The van der Waals surface area contributed by atoms with Gasteiger partial charge >= 0.3 is 0 Å². The Hall–Kier alpha value is -0.810. The van der Waals surface area contributed by atoms with Crippen LogP contribution >= 0.6 is 0 Å². The van der Waals surface area contributed by atoms with E-state index in [4.69, 9.17) is 25.2 Å². The molecule has 0 heterocycles. The fourth-order valence-corrected chi connectivity index (χ4v) is 1.23. The molecule has 0 aromatic rings. The zero-order valence-corrected chi connectivity index (χ0v) is 10.4. The molecule has 114 valence electrons. The number of ether oxygens (including phenoxy) is 1. The normalized spacial score (nSPS) is 12.5. The summed E-state index contributed by atoms with van der Waals surface area (Å²) in [6, 6.07) is 0. The van der Waals surface area contributed by atoms with Crippen LogP contribution in [0, 0.1) is 0 Å². The van der Waals surface area contributed by atoms with E-state index in [1.54, 1.807) is 0 Å². The largest absolute Gasteiger partial charge is 0.394 e. The van der Waals surface area contributed by atoms with Crippen molar-refractivity contribution in [3.8, 4) is 0 Å². The SMILES string of the molecule is O=C(NCCOCCO)C(O)(O)CCCC(O)(O)O. The molecular formula is C10H21NO8. The molecule has 0 atom stereocenters. The highest BCUT2D eigenvalue weighted by Crippen LogP contribution is 2.14. The molecule has 0 aliphatic rings. The highest BCUT2D eigenvalue weighted by molar-refractivity contribution is 5.82. The zero-order chi connectivity index (χ0) is 14.9. The molecule has 0 rings (SSSR count). The maximum atomic E-state index is 11.3. The minimum absolute atomic E-state index is 0.0334. The van der Waals surface area contributed by atoms with Crippen LogP contribution in [0.2, 0.25) is 0 Å². The third-order valence-electron chi connectivity index (χ3n) is 2.17. The number of carbonyl (C=O) groups excluding carboxylic acids is 1. The number of rotatable bonds is 10. The summed E-state index contributed by atoms with van der Waals surface area (Å²) in [5.74, 6) is -6.62. The lowest BCUT2D eigenvalue weighted by molar-refractivity contribution is -0.316. The van der Waals surface area contributed by atoms with E-state index in [1.807, 2.05) is 0 Å². The Morgan fingerprint density at radius 2 is 1.68 bits per heavy atom. The third kappa shape index (κ3) is 9.73. The molecule has 1 amide bonds. The van der Waals surface area contributed by atoms with Crippen molar-refractivity contribution < 1.29 is 40.2 Å². The average Bonchev–Trinajstić information content (AvgIpc) is 2.26. The van der Waals surface area contributed by atoms with Crippen LogP contribution in [0.4, 0.5) is 0 Å². The van der Waals surface area contributed by atoms with E-state index in [2.05, 4.69) is 5.32 Å². The van der Waals surface area contributed by atoms with Crippen molar-refractivity contribution >= 4 is 5.91 Å². The van der Waals surface area contributed by atoms with Gasteiger partial charge in [0, 0.05) is 19.4 Å². The van der Waals surface area contributed by atoms with Gasteiger partial charge in [-0.3, -0.25) is 4.79 Å². The second kappa shape index (κ2) is 8.38. The lowest BCUT2D eigenvalue weighted by Gasteiger charge is -2.22. The van der Waals surface area contributed by atoms with Gasteiger partial charge in [-0.15, -0.1) is 0 Å². The van der Waals surface area contributed by atoms with Crippen molar-refractivity contribution in [2.45, 2.75) is 31.0 Å². The molecule has 0 fully saturated rings. The van der Waals surface area contributed by atoms with Crippen LogP contribution in [0.15, 0.2) is 0 Å². The van der Waals surface area contributed by atoms with E-state index < -0.39 is 30.5 Å². The Balaban J connectivity index is 3.87. The van der Waals surface area contributed by atoms with E-state index in [9.17, 15) is 15.0 Å². The zero-order valence-electron chi connectivity index (χ0n) is 10.4. The van der Waals surface area contributed by atoms with Crippen LogP contribution in [0.25, 0.3) is 0 Å². The van der Waals surface area contributed by atoms with Gasteiger partial charge in [-0.25, -0.2) is 0 Å². The van der Waals surface area contributed by atoms with Crippen molar-refractivity contribution in [3.05, 3.63) is 0 Å². The molecule has 0 aliphatic heterocycles. The molecule has 0 saturated carbocycles. The van der Waals surface area contributed by atoms with Gasteiger partial charge in [0.05, 0.1) is 19.8 Å². The summed E-state index contributed by atoms with van der Waals surface area (Å²) >= 11 is 0. The summed E-state index contributed by atoms with van der Waals surface area (Å²) in [5.41, 5.74) is 0. The fourth-order valence-electron chi connectivity index (χ4n) is 1.23. The van der Waals surface area contributed by atoms with Gasteiger partial charge in [0.15, 0.2) is 0 Å². The number of amides is 1. The standard InChI is InChI=1S/C10H21NO8/c12-5-7-19-6-4-11-8(13)9(14,15)2-1-3-10(16,17)18/h12,14-18H,1-7H2,(H,11,13). The van der Waals surface area contributed by atoms with Gasteiger partial charge in [0.25, 0.3) is 11.9 Å². The molecule has 19 heavy (non-hydrogen) atoms. The first-order valence-electron chi connectivity index (χ1n) is 5.78. The van der Waals surface area contributed by atoms with Gasteiger partial charge < -0.3 is 40.7 Å². The van der Waals surface area contributed by atoms with E-state index in [0.29, 0.717) is 0 Å². The summed E-state index contributed by atoms with van der Waals surface area (Å²) in [7, 11) is 0. The molecule has 0 aromatic heterocycles. The van der Waals surface area contributed by atoms with Crippen LogP contribution in [0.1, 0.15) is 19.3 Å². The first-order valence-corrected chi connectivity index (χ1v) is 5.78. The number of hydrogen-bond acceptors (Lipinski definition) is 8. The van der Waals surface area contributed by atoms with Crippen molar-refractivity contribution in [1.82, 2.24) is 5.32 Å². The van der Waals surface area contributed by atoms with Crippen LogP contribution < -0.4 is 5.32 Å². The Labute approximate surface area is 110 Å². The Morgan fingerprint density at radius 1 is 1.05 bits per heavy atom. The highest BCUT2D eigenvalue weighted by atomic mass is 16.7. The molecular weight excluding hydrogens is 262 g/mol. The van der Waals surface area contributed by atoms with Crippen LogP contribution in [-0.2, 0) is 9.53 Å². The molecule has 9 heteroatoms. The van der Waals surface area contributed by atoms with Crippen LogP contribution in [-0.4, -0.2) is 74.7 Å². The van der Waals surface area contributed by atoms with Gasteiger partial charge in [0.1, 0.15) is 0 Å². The third-order valence-corrected chi connectivity index (χ3v) is 2.17. The minimum Gasteiger partial charge on any atom is -0.394 e. The highest BCUT2D eigenvalue weighted by Gasteiger charge is 2.33. The first kappa shape index (κ1) is 18.2. The quantitative estimate of drug-likeness (QED) is 0.161. The topological polar surface area (TPSA) is 160 Å². The van der Waals surface area contributed by atoms with E-state index in [1.165, 1.54) is 0 Å². The maximum Gasteiger partial charge on any atom is 0.280 e. The minimum atomic E-state index is -2.90. The Kier molecular flexibility index (Phi) is 8.02. The van der Waals surface area contributed by atoms with Gasteiger partial charge in [-0.05, 0) is 6.42 Å². The number of nitrogens with one attached hydrogen (secondary N) is 1. The molecule has 0 aromatic carbocycles. The van der Waals surface area contributed by atoms with Crippen molar-refractivity contribution in [1.29, 1.82) is 0 Å². The predicted molar refractivity (Wildman–Crippen MR) is 61.3 cm³/mol. The molecule has 7 N–H and O–H groups in total. The molecule has 0 radical (unpaired) electrons. The summed E-state index contributed by atoms with van der Waals surface area (Å²) in [4.78, 5) is 11.3. The number of carbonyl (C=O) groups is 1. The second-order valence-electron chi connectivity index (χ2n) is 4.04. The van der Waals surface area contributed by atoms with Crippen molar-refractivity contribution in [2.75, 3.05) is 26.4 Å². The van der Waals surface area contributed by atoms with Crippen LogP contribution in [0.3, 0.4) is 0 Å². The summed E-state index contributed by atoms with van der Waals surface area (Å²) in [5, 5.41) is 55.2. The summed E-state index contributed by atoms with van der Waals surface area (Å²) in [6.45, 7) is 0.106. The van der Waals surface area contributed by atoms with E-state index in [-0.39, 0.29) is 32.8 Å². The van der Waals surface area contributed by atoms with Gasteiger partial charge in [-0.2, -0.15) is 0 Å². The monoisotopic (exact) mass is 283 g/mol. The molecule has 0 bridgehead atoms.